The zero-order valence-corrected chi connectivity index (χ0v) is 13.0. The number of fused-ring (bicyclic) bond motifs is 1. The van der Waals surface area contributed by atoms with Crippen LogP contribution in [0.25, 0.3) is 22.4 Å². The third kappa shape index (κ3) is 2.19. The van der Waals surface area contributed by atoms with Gasteiger partial charge in [-0.3, -0.25) is 0 Å². The van der Waals surface area contributed by atoms with Crippen LogP contribution in [-0.4, -0.2) is 9.55 Å². The minimum atomic E-state index is 0.326. The summed E-state index contributed by atoms with van der Waals surface area (Å²) in [6.07, 6.45) is 0. The number of benzene rings is 2. The van der Waals surface area contributed by atoms with Gasteiger partial charge in [-0.15, -0.1) is 0 Å². The molecule has 0 aliphatic heterocycles. The van der Waals surface area contributed by atoms with Crippen molar-refractivity contribution in [3.05, 3.63) is 47.5 Å². The van der Waals surface area contributed by atoms with Crippen molar-refractivity contribution < 1.29 is 0 Å². The van der Waals surface area contributed by atoms with E-state index < -0.39 is 0 Å². The third-order valence-corrected chi connectivity index (χ3v) is 3.93. The van der Waals surface area contributed by atoms with Gasteiger partial charge in [0.25, 0.3) is 0 Å². The van der Waals surface area contributed by atoms with Crippen LogP contribution in [-0.2, 0) is 0 Å². The number of nitrogens with two attached hydrogens (primary N) is 1. The van der Waals surface area contributed by atoms with E-state index in [0.29, 0.717) is 6.04 Å². The molecular weight excluding hydrogens is 258 g/mol. The molecule has 0 amide bonds. The average Bonchev–Trinajstić information content (AvgIpc) is 2.80. The van der Waals surface area contributed by atoms with E-state index >= 15 is 0 Å². The summed E-state index contributed by atoms with van der Waals surface area (Å²) in [5.41, 5.74) is 12.6. The highest BCUT2D eigenvalue weighted by Gasteiger charge is 2.17. The molecule has 0 radical (unpaired) electrons. The number of imidazole rings is 1. The van der Waals surface area contributed by atoms with Gasteiger partial charge in [-0.2, -0.15) is 0 Å². The number of hydrogen-bond donors (Lipinski definition) is 1. The smallest absolute Gasteiger partial charge is 0.143 e. The van der Waals surface area contributed by atoms with Gasteiger partial charge in [0.15, 0.2) is 0 Å². The molecule has 0 spiro atoms. The maximum absolute atomic E-state index is 6.28. The van der Waals surface area contributed by atoms with Gasteiger partial charge in [0.2, 0.25) is 0 Å². The minimum absolute atomic E-state index is 0.326. The highest BCUT2D eigenvalue weighted by molar-refractivity contribution is 5.85. The van der Waals surface area contributed by atoms with E-state index in [1.807, 2.05) is 19.1 Å². The van der Waals surface area contributed by atoms with Crippen LogP contribution in [0.3, 0.4) is 0 Å². The molecular formula is C18H21N3. The molecule has 0 aliphatic carbocycles. The molecule has 0 unspecified atom stereocenters. The Balaban J connectivity index is 2.36. The Kier molecular flexibility index (Phi) is 3.20. The van der Waals surface area contributed by atoms with Crippen LogP contribution < -0.4 is 5.73 Å². The number of hydrogen-bond acceptors (Lipinski definition) is 2. The predicted octanol–water partition coefficient (Wildman–Crippen LogP) is 4.48. The number of para-hydroxylation sites is 1. The normalized spacial score (nSPS) is 11.5. The lowest BCUT2D eigenvalue weighted by Crippen LogP contribution is -2.05. The molecule has 0 saturated heterocycles. The first-order chi connectivity index (χ1) is 9.99. The summed E-state index contributed by atoms with van der Waals surface area (Å²) >= 11 is 0. The molecule has 2 aromatic carbocycles. The number of anilines is 1. The molecule has 0 saturated carbocycles. The van der Waals surface area contributed by atoms with Crippen LogP contribution in [0, 0.1) is 13.8 Å². The molecule has 0 aliphatic rings. The summed E-state index contributed by atoms with van der Waals surface area (Å²) in [5.74, 6) is 0.951. The molecule has 2 N–H and O–H groups in total. The van der Waals surface area contributed by atoms with Gasteiger partial charge < -0.3 is 10.3 Å². The van der Waals surface area contributed by atoms with Crippen LogP contribution in [0.2, 0.25) is 0 Å². The molecule has 1 heterocycles. The lowest BCUT2D eigenvalue weighted by Gasteiger charge is -2.15. The number of rotatable bonds is 2. The van der Waals surface area contributed by atoms with Gasteiger partial charge >= 0.3 is 0 Å². The summed E-state index contributed by atoms with van der Waals surface area (Å²) < 4.78 is 2.26. The number of nitrogens with zero attached hydrogens (tertiary/aromatic N) is 2. The van der Waals surface area contributed by atoms with Crippen LogP contribution >= 0.6 is 0 Å². The standard InChI is InChI=1S/C18H21N3/c1-11(2)21-16-9-8-12(3)10-15(16)20-18(21)14-7-5-6-13(4)17(14)19/h5-11H,19H2,1-4H3. The van der Waals surface area contributed by atoms with E-state index in [4.69, 9.17) is 10.7 Å². The second-order valence-corrected chi connectivity index (χ2v) is 5.93. The quantitative estimate of drug-likeness (QED) is 0.703. The molecule has 3 heteroatoms. The van der Waals surface area contributed by atoms with Crippen molar-refractivity contribution in [1.29, 1.82) is 0 Å². The average molecular weight is 279 g/mol. The van der Waals surface area contributed by atoms with Crippen LogP contribution in [0.1, 0.15) is 31.0 Å². The molecule has 21 heavy (non-hydrogen) atoms. The Morgan fingerprint density at radius 2 is 1.86 bits per heavy atom. The van der Waals surface area contributed by atoms with Crippen molar-refractivity contribution >= 4 is 16.7 Å². The Hall–Kier alpha value is -2.29. The maximum Gasteiger partial charge on any atom is 0.143 e. The van der Waals surface area contributed by atoms with E-state index in [9.17, 15) is 0 Å². The summed E-state index contributed by atoms with van der Waals surface area (Å²) in [7, 11) is 0. The van der Waals surface area contributed by atoms with E-state index in [1.165, 1.54) is 5.56 Å². The molecule has 3 rings (SSSR count). The fourth-order valence-corrected chi connectivity index (χ4v) is 2.80. The van der Waals surface area contributed by atoms with Gasteiger partial charge in [-0.1, -0.05) is 18.2 Å². The summed E-state index contributed by atoms with van der Waals surface area (Å²) in [6, 6.07) is 12.9. The second-order valence-electron chi connectivity index (χ2n) is 5.93. The van der Waals surface area contributed by atoms with Crippen molar-refractivity contribution in [2.75, 3.05) is 5.73 Å². The molecule has 3 aromatic rings. The first kappa shape index (κ1) is 13.7. The zero-order chi connectivity index (χ0) is 15.1. The summed E-state index contributed by atoms with van der Waals surface area (Å²) in [5, 5.41) is 0. The summed E-state index contributed by atoms with van der Waals surface area (Å²) in [4.78, 5) is 4.85. The van der Waals surface area contributed by atoms with Gasteiger partial charge in [0, 0.05) is 17.3 Å². The second kappa shape index (κ2) is 4.92. The largest absolute Gasteiger partial charge is 0.398 e. The molecule has 3 nitrogen and oxygen atoms in total. The number of aromatic nitrogens is 2. The number of nitrogen functional groups attached to an aromatic ring is 1. The molecule has 108 valence electrons. The van der Waals surface area contributed by atoms with Gasteiger partial charge in [-0.25, -0.2) is 4.98 Å². The topological polar surface area (TPSA) is 43.8 Å². The Morgan fingerprint density at radius 1 is 1.10 bits per heavy atom. The Morgan fingerprint density at radius 3 is 2.57 bits per heavy atom. The van der Waals surface area contributed by atoms with Gasteiger partial charge in [-0.05, 0) is 57.0 Å². The monoisotopic (exact) mass is 279 g/mol. The Bertz CT molecular complexity index is 813. The first-order valence-corrected chi connectivity index (χ1v) is 7.33. The van der Waals surface area contributed by atoms with E-state index in [1.54, 1.807) is 0 Å². The molecule has 0 atom stereocenters. The lowest BCUT2D eigenvalue weighted by atomic mass is 10.1. The lowest BCUT2D eigenvalue weighted by molar-refractivity contribution is 0.624. The molecule has 0 bridgehead atoms. The predicted molar refractivity (Wildman–Crippen MR) is 89.4 cm³/mol. The summed E-state index contributed by atoms with van der Waals surface area (Å²) in [6.45, 7) is 8.48. The fourth-order valence-electron chi connectivity index (χ4n) is 2.80. The highest BCUT2D eigenvalue weighted by Crippen LogP contribution is 2.33. The van der Waals surface area contributed by atoms with Crippen LogP contribution in [0.4, 0.5) is 5.69 Å². The third-order valence-electron chi connectivity index (χ3n) is 3.93. The van der Waals surface area contributed by atoms with E-state index in [2.05, 4.69) is 49.6 Å². The first-order valence-electron chi connectivity index (χ1n) is 7.33. The molecule has 0 fully saturated rings. The SMILES string of the molecule is Cc1ccc2c(c1)nc(-c1cccc(C)c1N)n2C(C)C. The zero-order valence-electron chi connectivity index (χ0n) is 13.0. The minimum Gasteiger partial charge on any atom is -0.398 e. The van der Waals surface area contributed by atoms with Crippen molar-refractivity contribution in [3.8, 4) is 11.4 Å². The number of aryl methyl sites for hydroxylation is 2. The van der Waals surface area contributed by atoms with Crippen molar-refractivity contribution in [2.45, 2.75) is 33.7 Å². The fraction of sp³-hybridized carbons (Fsp3) is 0.278. The molecule has 1 aromatic heterocycles. The van der Waals surface area contributed by atoms with Gasteiger partial charge in [0.1, 0.15) is 5.82 Å². The van der Waals surface area contributed by atoms with E-state index in [0.717, 1.165) is 33.7 Å². The van der Waals surface area contributed by atoms with E-state index in [-0.39, 0.29) is 0 Å². The highest BCUT2D eigenvalue weighted by atomic mass is 15.1. The van der Waals surface area contributed by atoms with Crippen molar-refractivity contribution in [3.63, 3.8) is 0 Å². The maximum atomic E-state index is 6.28. The van der Waals surface area contributed by atoms with Crippen molar-refractivity contribution in [2.24, 2.45) is 0 Å². The van der Waals surface area contributed by atoms with Crippen molar-refractivity contribution in [1.82, 2.24) is 9.55 Å². The van der Waals surface area contributed by atoms with Crippen LogP contribution in [0.5, 0.6) is 0 Å². The van der Waals surface area contributed by atoms with Gasteiger partial charge in [0.05, 0.1) is 11.0 Å². The van der Waals surface area contributed by atoms with Crippen LogP contribution in [0.15, 0.2) is 36.4 Å². The Labute approximate surface area is 125 Å².